The van der Waals surface area contributed by atoms with E-state index in [4.69, 9.17) is 14.5 Å². The van der Waals surface area contributed by atoms with Crippen molar-refractivity contribution in [1.82, 2.24) is 39.5 Å². The molecule has 2 fully saturated rings. The van der Waals surface area contributed by atoms with E-state index >= 15 is 0 Å². The van der Waals surface area contributed by atoms with Crippen molar-refractivity contribution in [1.29, 1.82) is 0 Å². The Balaban J connectivity index is 0.884. The third-order valence-electron chi connectivity index (χ3n) is 12.1. The van der Waals surface area contributed by atoms with Crippen molar-refractivity contribution in [2.45, 2.75) is 110 Å². The summed E-state index contributed by atoms with van der Waals surface area (Å²) in [5, 5.41) is 21.0. The maximum atomic E-state index is 14.2. The van der Waals surface area contributed by atoms with Crippen LogP contribution in [0, 0.1) is 6.92 Å². The van der Waals surface area contributed by atoms with Crippen LogP contribution in [0.25, 0.3) is 16.8 Å². The van der Waals surface area contributed by atoms with Gasteiger partial charge in [-0.05, 0) is 107 Å². The molecule has 0 saturated carbocycles. The number of carbonyl (C=O) groups excluding carboxylic acids is 1. The van der Waals surface area contributed by atoms with E-state index in [1.165, 1.54) is 25.4 Å². The van der Waals surface area contributed by atoms with Crippen LogP contribution < -0.4 is 25.2 Å². The molecule has 6 aromatic rings. The topological polar surface area (TPSA) is 181 Å². The normalized spacial score (nSPS) is 17.4. The molecule has 4 atom stereocenters. The average molecular weight is 927 g/mol. The van der Waals surface area contributed by atoms with Gasteiger partial charge in [-0.1, -0.05) is 13.0 Å². The minimum atomic E-state index is -4.68. The predicted molar refractivity (Wildman–Crippen MR) is 244 cm³/mol. The van der Waals surface area contributed by atoms with Gasteiger partial charge in [-0.2, -0.15) is 27.8 Å². The Morgan fingerprint density at radius 2 is 1.85 bits per heavy atom. The number of amides is 1. The zero-order valence-electron chi connectivity index (χ0n) is 37.8. The van der Waals surface area contributed by atoms with Crippen molar-refractivity contribution in [3.8, 4) is 17.0 Å². The second kappa shape index (κ2) is 20.4. The van der Waals surface area contributed by atoms with E-state index in [-0.39, 0.29) is 49.7 Å². The van der Waals surface area contributed by atoms with Crippen molar-refractivity contribution in [2.75, 3.05) is 46.8 Å². The number of nitrogens with zero attached hydrogens (tertiary/aromatic N) is 10. The minimum Gasteiger partial charge on any atom is -0.478 e. The molecule has 8 heterocycles. The van der Waals surface area contributed by atoms with E-state index < -0.39 is 36.2 Å². The summed E-state index contributed by atoms with van der Waals surface area (Å²) in [6, 6.07) is 10.5. The Bertz CT molecular complexity index is 2660. The number of hydrogen-bond donors (Lipinski definition) is 3. The van der Waals surface area contributed by atoms with E-state index in [2.05, 4.69) is 52.5 Å². The monoisotopic (exact) mass is 926 g/mol. The van der Waals surface area contributed by atoms with Gasteiger partial charge in [-0.25, -0.2) is 29.1 Å². The number of pyridine rings is 3. The first kappa shape index (κ1) is 46.8. The van der Waals surface area contributed by atoms with E-state index in [0.717, 1.165) is 71.6 Å². The molecule has 67 heavy (non-hydrogen) atoms. The van der Waals surface area contributed by atoms with Gasteiger partial charge in [0.1, 0.15) is 42.0 Å². The number of carbonyl (C=O) groups is 1. The van der Waals surface area contributed by atoms with Crippen LogP contribution in [0.4, 0.5) is 45.8 Å². The van der Waals surface area contributed by atoms with Crippen LogP contribution in [0.5, 0.6) is 5.88 Å². The standard InChI is InChI=1S/C47H54F4N12O4/c1-5-32-25-56-63-41(22-42(59-44(32)63)61-16-7-6-10-35(61)14-17-64)54-23-31-11-12-43(55-24-31)66-18-8-9-34-20-33(21-39(58-34)47(49,50)51)36-26-53-37(19-28(36)2)30(4)57-45-52-15-13-40(60-45)62-38(29(3)48)27-67-46(62)65/h11-13,15,19-22,24-26,29-30,35,38,54,64H,5-10,14,16-18,23,27H2,1-4H3,(H,52,57,60)/t29-,30-,35-,38+/m0/s1. The number of cyclic esters (lactones) is 1. The van der Waals surface area contributed by atoms with Crippen LogP contribution in [-0.2, 0) is 30.3 Å². The summed E-state index contributed by atoms with van der Waals surface area (Å²) in [6.45, 7) is 8.59. The van der Waals surface area contributed by atoms with Gasteiger partial charge in [0.25, 0.3) is 0 Å². The lowest BCUT2D eigenvalue weighted by Crippen LogP contribution is -2.40. The van der Waals surface area contributed by atoms with Crippen LogP contribution in [-0.4, -0.2) is 95.3 Å². The first-order valence-corrected chi connectivity index (χ1v) is 22.6. The minimum absolute atomic E-state index is 0.0969. The number of halogens is 4. The largest absolute Gasteiger partial charge is 0.478 e. The average Bonchev–Trinajstić information content (AvgIpc) is 3.93. The molecule has 8 rings (SSSR count). The maximum absolute atomic E-state index is 14.2. The van der Waals surface area contributed by atoms with Crippen LogP contribution in [0.15, 0.2) is 67.3 Å². The number of anilines is 4. The summed E-state index contributed by atoms with van der Waals surface area (Å²) < 4.78 is 69.5. The third kappa shape index (κ3) is 10.8. The molecule has 20 heteroatoms. The van der Waals surface area contributed by atoms with Crippen LogP contribution in [0.3, 0.4) is 0 Å². The molecule has 1 amide bonds. The fourth-order valence-electron chi connectivity index (χ4n) is 8.48. The van der Waals surface area contributed by atoms with Gasteiger partial charge >= 0.3 is 12.3 Å². The quantitative estimate of drug-likeness (QED) is 0.0552. The van der Waals surface area contributed by atoms with Gasteiger partial charge in [0.05, 0.1) is 24.5 Å². The number of rotatable bonds is 18. The Hall–Kier alpha value is -6.70. The van der Waals surface area contributed by atoms with Crippen LogP contribution >= 0.6 is 0 Å². The lowest BCUT2D eigenvalue weighted by Gasteiger charge is -2.36. The zero-order chi connectivity index (χ0) is 47.2. The Morgan fingerprint density at radius 1 is 1.00 bits per heavy atom. The molecule has 3 N–H and O–H groups in total. The van der Waals surface area contributed by atoms with Crippen molar-refractivity contribution in [3.63, 3.8) is 0 Å². The molecule has 354 valence electrons. The highest BCUT2D eigenvalue weighted by Gasteiger charge is 2.39. The van der Waals surface area contributed by atoms with Gasteiger partial charge in [0, 0.05) is 73.3 Å². The Morgan fingerprint density at radius 3 is 2.60 bits per heavy atom. The van der Waals surface area contributed by atoms with Crippen molar-refractivity contribution >= 4 is 35.1 Å². The molecule has 0 unspecified atom stereocenters. The highest BCUT2D eigenvalue weighted by molar-refractivity contribution is 5.89. The van der Waals surface area contributed by atoms with Crippen molar-refractivity contribution in [3.05, 3.63) is 101 Å². The number of alkyl halides is 4. The molecule has 0 radical (unpaired) electrons. The summed E-state index contributed by atoms with van der Waals surface area (Å²) >= 11 is 0. The first-order chi connectivity index (χ1) is 32.3. The number of ether oxygens (including phenoxy) is 2. The molecule has 6 aromatic heterocycles. The molecule has 0 bridgehead atoms. The summed E-state index contributed by atoms with van der Waals surface area (Å²) in [5.41, 5.74) is 4.07. The first-order valence-electron chi connectivity index (χ1n) is 22.6. The van der Waals surface area contributed by atoms with Crippen LogP contribution in [0.1, 0.15) is 92.7 Å². The number of nitrogens with one attached hydrogen (secondary N) is 2. The van der Waals surface area contributed by atoms with E-state index in [9.17, 15) is 27.5 Å². The second-order valence-corrected chi connectivity index (χ2v) is 16.9. The fourth-order valence-corrected chi connectivity index (χ4v) is 8.48. The number of piperidine rings is 1. The van der Waals surface area contributed by atoms with E-state index in [0.29, 0.717) is 47.7 Å². The summed E-state index contributed by atoms with van der Waals surface area (Å²) in [6.07, 6.45) is 5.09. The van der Waals surface area contributed by atoms with Gasteiger partial charge < -0.3 is 30.1 Å². The fraction of sp³-hybridized carbons (Fsp3) is 0.447. The molecular weight excluding hydrogens is 873 g/mol. The lowest BCUT2D eigenvalue weighted by molar-refractivity contribution is -0.141. The third-order valence-corrected chi connectivity index (χ3v) is 12.1. The van der Waals surface area contributed by atoms with E-state index in [1.807, 2.05) is 29.8 Å². The predicted octanol–water partition coefficient (Wildman–Crippen LogP) is 8.48. The molecule has 2 saturated heterocycles. The SMILES string of the molecule is CCc1cnn2c(NCc3ccc(OCCCc4cc(-c5cnc([C@H](C)Nc6nccc(N7C(=O)OC[C@@H]7[C@H](C)F)n6)cc5C)cc(C(F)(F)F)n4)nc3)cc(N3CCCC[C@H]3CCO)nc12. The Kier molecular flexibility index (Phi) is 14.3. The number of aryl methyl sites for hydroxylation is 3. The molecule has 2 aliphatic heterocycles. The molecule has 0 aliphatic carbocycles. The molecule has 2 aliphatic rings. The number of aliphatic hydroxyl groups is 1. The van der Waals surface area contributed by atoms with Gasteiger partial charge in [0.2, 0.25) is 11.8 Å². The number of aliphatic hydroxyl groups excluding tert-OH is 1. The molecular formula is C47H54F4N12O4. The summed E-state index contributed by atoms with van der Waals surface area (Å²) in [7, 11) is 0. The number of aromatic nitrogens is 8. The summed E-state index contributed by atoms with van der Waals surface area (Å²) in [5.74, 6) is 2.38. The van der Waals surface area contributed by atoms with Crippen LogP contribution in [0.2, 0.25) is 0 Å². The Labute approximate surface area is 385 Å². The van der Waals surface area contributed by atoms with Crippen molar-refractivity contribution in [2.24, 2.45) is 0 Å². The molecule has 16 nitrogen and oxygen atoms in total. The highest BCUT2D eigenvalue weighted by atomic mass is 19.4. The maximum Gasteiger partial charge on any atom is 0.433 e. The van der Waals surface area contributed by atoms with Gasteiger partial charge in [-0.3, -0.25) is 9.88 Å². The second-order valence-electron chi connectivity index (χ2n) is 16.9. The molecule has 0 aromatic carbocycles. The van der Waals surface area contributed by atoms with Gasteiger partial charge in [-0.15, -0.1) is 0 Å². The number of hydrogen-bond acceptors (Lipinski definition) is 14. The molecule has 0 spiro atoms. The lowest BCUT2D eigenvalue weighted by atomic mass is 9.99. The smallest absolute Gasteiger partial charge is 0.433 e. The van der Waals surface area contributed by atoms with Gasteiger partial charge in [0.15, 0.2) is 5.65 Å². The van der Waals surface area contributed by atoms with Crippen molar-refractivity contribution < 1.29 is 36.9 Å². The zero-order valence-corrected chi connectivity index (χ0v) is 37.8. The number of fused-ring (bicyclic) bond motifs is 1. The highest BCUT2D eigenvalue weighted by Crippen LogP contribution is 2.34. The summed E-state index contributed by atoms with van der Waals surface area (Å²) in [4.78, 5) is 42.5. The van der Waals surface area contributed by atoms with E-state index in [1.54, 1.807) is 31.3 Å².